The molecule has 6 heteroatoms. The Balaban J connectivity index is 2.24. The summed E-state index contributed by atoms with van der Waals surface area (Å²) < 4.78 is 23.8. The second-order valence-corrected chi connectivity index (χ2v) is 7.40. The number of piperidine rings is 1. The molecule has 5 nitrogen and oxygen atoms in total. The van der Waals surface area contributed by atoms with Gasteiger partial charge in [-0.05, 0) is 51.3 Å². The zero-order valence-corrected chi connectivity index (χ0v) is 16.0. The van der Waals surface area contributed by atoms with Crippen LogP contribution in [0.5, 0.6) is 0 Å². The van der Waals surface area contributed by atoms with E-state index >= 15 is 0 Å². The van der Waals surface area contributed by atoms with Crippen LogP contribution in [-0.2, 0) is 24.5 Å². The molecule has 1 atom stereocenters. The number of ether oxygens (including phenoxy) is 2. The van der Waals surface area contributed by atoms with Crippen LogP contribution in [0.3, 0.4) is 0 Å². The van der Waals surface area contributed by atoms with Crippen molar-refractivity contribution in [2.45, 2.75) is 39.0 Å². The van der Waals surface area contributed by atoms with Crippen LogP contribution < -0.4 is 0 Å². The van der Waals surface area contributed by atoms with Crippen LogP contribution >= 0.6 is 0 Å². The van der Waals surface area contributed by atoms with Gasteiger partial charge in [-0.15, -0.1) is 0 Å². The molecule has 0 N–H and O–H groups in total. The highest BCUT2D eigenvalue weighted by Gasteiger charge is 2.47. The van der Waals surface area contributed by atoms with E-state index in [1.807, 2.05) is 13.8 Å². The number of likely N-dealkylation sites (tertiary alicyclic amines) is 1. The third kappa shape index (κ3) is 4.06. The van der Waals surface area contributed by atoms with Gasteiger partial charge in [0.1, 0.15) is 11.2 Å². The quantitative estimate of drug-likeness (QED) is 0.728. The maximum Gasteiger partial charge on any atom is 0.316 e. The minimum absolute atomic E-state index is 0.0893. The molecule has 0 spiro atoms. The molecule has 0 aliphatic carbocycles. The fourth-order valence-corrected chi connectivity index (χ4v) is 3.59. The summed E-state index contributed by atoms with van der Waals surface area (Å²) in [6.07, 6.45) is 1.33. The molecule has 0 saturated carbocycles. The second-order valence-electron chi connectivity index (χ2n) is 7.40. The number of hydrogen-bond acceptors (Lipinski definition) is 4. The molecule has 0 bridgehead atoms. The normalized spacial score (nSPS) is 20.7. The zero-order valence-electron chi connectivity index (χ0n) is 16.0. The molecule has 1 aromatic rings. The van der Waals surface area contributed by atoms with Gasteiger partial charge in [0.2, 0.25) is 5.91 Å². The average Bonchev–Trinajstić information content (AvgIpc) is 2.62. The second kappa shape index (κ2) is 8.16. The van der Waals surface area contributed by atoms with Gasteiger partial charge in [-0.1, -0.05) is 12.1 Å². The monoisotopic (exact) mass is 365 g/mol. The Morgan fingerprint density at radius 1 is 1.27 bits per heavy atom. The van der Waals surface area contributed by atoms with E-state index in [9.17, 15) is 14.0 Å². The summed E-state index contributed by atoms with van der Waals surface area (Å²) in [6.45, 7) is 6.75. The molecule has 1 aliphatic rings. The lowest BCUT2D eigenvalue weighted by atomic mass is 9.78. The third-order valence-electron chi connectivity index (χ3n) is 5.09. The van der Waals surface area contributed by atoms with Gasteiger partial charge in [-0.2, -0.15) is 0 Å². The molecule has 1 aliphatic heterocycles. The Hall–Kier alpha value is -1.95. The Kier molecular flexibility index (Phi) is 6.39. The third-order valence-corrected chi connectivity index (χ3v) is 5.09. The number of rotatable bonds is 6. The highest BCUT2D eigenvalue weighted by Crippen LogP contribution is 2.35. The van der Waals surface area contributed by atoms with Crippen molar-refractivity contribution in [3.63, 3.8) is 0 Å². The van der Waals surface area contributed by atoms with Crippen molar-refractivity contribution >= 4 is 11.9 Å². The van der Waals surface area contributed by atoms with E-state index < -0.39 is 10.8 Å². The number of nitrogens with zero attached hydrogens (tertiary/aromatic N) is 1. The van der Waals surface area contributed by atoms with Crippen molar-refractivity contribution in [1.82, 2.24) is 4.90 Å². The van der Waals surface area contributed by atoms with Crippen molar-refractivity contribution in [2.75, 3.05) is 33.4 Å². The fraction of sp³-hybridized carbons (Fsp3) is 0.600. The lowest BCUT2D eigenvalue weighted by Crippen LogP contribution is -2.55. The summed E-state index contributed by atoms with van der Waals surface area (Å²) in [6, 6.07) is 5.97. The number of carbonyl (C=O) groups is 2. The van der Waals surface area contributed by atoms with Crippen LogP contribution in [0.1, 0.15) is 39.2 Å². The first-order valence-electron chi connectivity index (χ1n) is 8.98. The van der Waals surface area contributed by atoms with Crippen LogP contribution in [0, 0.1) is 11.2 Å². The van der Waals surface area contributed by atoms with E-state index in [0.29, 0.717) is 26.0 Å². The fourth-order valence-electron chi connectivity index (χ4n) is 3.59. The SMILES string of the molecule is CCOC(=O)C1(COC)CCCN(C(=O)C(C)(C)c2ccc(F)cc2)C1. The molecule has 1 unspecified atom stereocenters. The predicted molar refractivity (Wildman–Crippen MR) is 96.2 cm³/mol. The Morgan fingerprint density at radius 2 is 1.92 bits per heavy atom. The Morgan fingerprint density at radius 3 is 2.50 bits per heavy atom. The summed E-state index contributed by atoms with van der Waals surface area (Å²) in [5, 5.41) is 0. The molecule has 2 rings (SSSR count). The van der Waals surface area contributed by atoms with Gasteiger partial charge in [0.25, 0.3) is 0 Å². The van der Waals surface area contributed by atoms with E-state index in [4.69, 9.17) is 9.47 Å². The molecule has 1 aromatic carbocycles. The summed E-state index contributed by atoms with van der Waals surface area (Å²) in [5.74, 6) is -0.746. The average molecular weight is 365 g/mol. The number of methoxy groups -OCH3 is 1. The Bertz CT molecular complexity index is 640. The summed E-state index contributed by atoms with van der Waals surface area (Å²) >= 11 is 0. The van der Waals surface area contributed by atoms with Crippen molar-refractivity contribution in [3.05, 3.63) is 35.6 Å². The maximum absolute atomic E-state index is 13.2. The maximum atomic E-state index is 13.2. The molecular formula is C20H28FNO4. The number of hydrogen-bond donors (Lipinski definition) is 0. The minimum Gasteiger partial charge on any atom is -0.465 e. The smallest absolute Gasteiger partial charge is 0.316 e. The number of esters is 1. The predicted octanol–water partition coefficient (Wildman–Crippen LogP) is 2.92. The van der Waals surface area contributed by atoms with Gasteiger partial charge in [-0.3, -0.25) is 9.59 Å². The topological polar surface area (TPSA) is 55.8 Å². The van der Waals surface area contributed by atoms with Crippen LogP contribution in [0.25, 0.3) is 0 Å². The van der Waals surface area contributed by atoms with Crippen molar-refractivity contribution < 1.29 is 23.5 Å². The first-order valence-corrected chi connectivity index (χ1v) is 8.98. The molecule has 26 heavy (non-hydrogen) atoms. The highest BCUT2D eigenvalue weighted by molar-refractivity contribution is 5.88. The first-order chi connectivity index (χ1) is 12.3. The van der Waals surface area contributed by atoms with Gasteiger partial charge in [-0.25, -0.2) is 4.39 Å². The van der Waals surface area contributed by atoms with Gasteiger partial charge in [0, 0.05) is 20.2 Å². The minimum atomic E-state index is -0.836. The molecule has 1 heterocycles. The number of carbonyl (C=O) groups excluding carboxylic acids is 2. The van der Waals surface area contributed by atoms with E-state index in [2.05, 4.69) is 0 Å². The number of amides is 1. The molecule has 0 radical (unpaired) electrons. The van der Waals surface area contributed by atoms with Gasteiger partial charge >= 0.3 is 5.97 Å². The van der Waals surface area contributed by atoms with Crippen LogP contribution in [0.15, 0.2) is 24.3 Å². The summed E-state index contributed by atoms with van der Waals surface area (Å²) in [7, 11) is 1.55. The van der Waals surface area contributed by atoms with E-state index in [1.54, 1.807) is 31.1 Å². The van der Waals surface area contributed by atoms with Crippen LogP contribution in [-0.4, -0.2) is 50.2 Å². The van der Waals surface area contributed by atoms with E-state index in [0.717, 1.165) is 5.56 Å². The van der Waals surface area contributed by atoms with Crippen molar-refractivity contribution in [3.8, 4) is 0 Å². The zero-order chi connectivity index (χ0) is 19.4. The molecule has 1 fully saturated rings. The highest BCUT2D eigenvalue weighted by atomic mass is 19.1. The number of benzene rings is 1. The van der Waals surface area contributed by atoms with E-state index in [-0.39, 0.29) is 30.8 Å². The van der Waals surface area contributed by atoms with Crippen molar-refractivity contribution in [2.24, 2.45) is 5.41 Å². The first kappa shape index (κ1) is 20.4. The lowest BCUT2D eigenvalue weighted by molar-refractivity contribution is -0.165. The van der Waals surface area contributed by atoms with Crippen molar-refractivity contribution in [1.29, 1.82) is 0 Å². The molecule has 0 aromatic heterocycles. The summed E-state index contributed by atoms with van der Waals surface area (Å²) in [4.78, 5) is 27.5. The largest absolute Gasteiger partial charge is 0.465 e. The van der Waals surface area contributed by atoms with E-state index in [1.165, 1.54) is 12.1 Å². The molecular weight excluding hydrogens is 337 g/mol. The lowest BCUT2D eigenvalue weighted by Gasteiger charge is -2.43. The Labute approximate surface area is 154 Å². The molecule has 1 amide bonds. The van der Waals surface area contributed by atoms with Gasteiger partial charge in [0.15, 0.2) is 0 Å². The van der Waals surface area contributed by atoms with Crippen LogP contribution in [0.2, 0.25) is 0 Å². The molecule has 1 saturated heterocycles. The van der Waals surface area contributed by atoms with Gasteiger partial charge in [0.05, 0.1) is 18.6 Å². The standard InChI is InChI=1S/C20H28FNO4/c1-5-26-18(24)20(14-25-4)11-6-12-22(13-20)17(23)19(2,3)15-7-9-16(21)10-8-15/h7-10H,5-6,11-14H2,1-4H3. The van der Waals surface area contributed by atoms with Crippen LogP contribution in [0.4, 0.5) is 4.39 Å². The summed E-state index contributed by atoms with van der Waals surface area (Å²) in [5.41, 5.74) is -0.918. The van der Waals surface area contributed by atoms with Gasteiger partial charge < -0.3 is 14.4 Å². The molecule has 144 valence electrons. The number of halogens is 1.